The molecule has 0 spiro atoms. The average molecular weight is 295 g/mol. The number of carbonyl (C=O) groups is 2. The van der Waals surface area contributed by atoms with E-state index in [1.165, 1.54) is 0 Å². The van der Waals surface area contributed by atoms with Crippen molar-refractivity contribution in [2.24, 2.45) is 23.5 Å². The number of nitrogens with one attached hydrogen (secondary N) is 1. The number of nitrogens with two attached hydrogens (primary N) is 1. The van der Waals surface area contributed by atoms with Gasteiger partial charge in [-0.25, -0.2) is 0 Å². The Balaban J connectivity index is 1.78. The maximum absolute atomic E-state index is 12.4. The summed E-state index contributed by atoms with van der Waals surface area (Å²) >= 11 is 0. The van der Waals surface area contributed by atoms with Crippen LogP contribution in [0.15, 0.2) is 0 Å². The summed E-state index contributed by atoms with van der Waals surface area (Å²) in [6.07, 6.45) is 4.89. The third-order valence-corrected chi connectivity index (χ3v) is 4.95. The Bertz CT molecular complexity index is 376. The van der Waals surface area contributed by atoms with Crippen LogP contribution < -0.4 is 11.1 Å². The highest BCUT2D eigenvalue weighted by Crippen LogP contribution is 2.31. The highest BCUT2D eigenvalue weighted by Gasteiger charge is 2.33. The van der Waals surface area contributed by atoms with Gasteiger partial charge in [-0.15, -0.1) is 0 Å². The van der Waals surface area contributed by atoms with Crippen LogP contribution >= 0.6 is 0 Å². The van der Waals surface area contributed by atoms with Crippen LogP contribution in [-0.2, 0) is 9.59 Å². The lowest BCUT2D eigenvalue weighted by Gasteiger charge is -2.34. The van der Waals surface area contributed by atoms with E-state index < -0.39 is 0 Å². The van der Waals surface area contributed by atoms with E-state index in [0.29, 0.717) is 12.5 Å². The van der Waals surface area contributed by atoms with Gasteiger partial charge in [0.15, 0.2) is 0 Å². The van der Waals surface area contributed by atoms with Gasteiger partial charge in [-0.2, -0.15) is 0 Å². The maximum Gasteiger partial charge on any atom is 0.225 e. The first-order valence-corrected chi connectivity index (χ1v) is 8.32. The Kier molecular flexibility index (Phi) is 5.62. The van der Waals surface area contributed by atoms with Crippen LogP contribution in [0.4, 0.5) is 0 Å². The second-order valence-electron chi connectivity index (χ2n) is 6.80. The van der Waals surface area contributed by atoms with Crippen LogP contribution in [0.2, 0.25) is 0 Å². The fraction of sp³-hybridized carbons (Fsp3) is 0.875. The molecule has 2 rings (SSSR count). The monoisotopic (exact) mass is 295 g/mol. The van der Waals surface area contributed by atoms with Crippen LogP contribution in [0, 0.1) is 17.8 Å². The maximum atomic E-state index is 12.4. The zero-order valence-corrected chi connectivity index (χ0v) is 13.3. The summed E-state index contributed by atoms with van der Waals surface area (Å²) < 4.78 is 0. The Morgan fingerprint density at radius 1 is 1.19 bits per heavy atom. The third kappa shape index (κ3) is 3.96. The van der Waals surface area contributed by atoms with Gasteiger partial charge in [-0.05, 0) is 38.1 Å². The molecule has 2 aliphatic rings. The third-order valence-electron chi connectivity index (χ3n) is 4.95. The normalized spacial score (nSPS) is 27.1. The van der Waals surface area contributed by atoms with Gasteiger partial charge in [0.25, 0.3) is 0 Å². The molecular formula is C16H29N3O2. The number of rotatable bonds is 4. The summed E-state index contributed by atoms with van der Waals surface area (Å²) in [6.45, 7) is 5.99. The van der Waals surface area contributed by atoms with Gasteiger partial charge in [0.1, 0.15) is 0 Å². The smallest absolute Gasteiger partial charge is 0.225 e. The number of hydrogen-bond acceptors (Lipinski definition) is 3. The Labute approximate surface area is 127 Å². The van der Waals surface area contributed by atoms with E-state index in [2.05, 4.69) is 5.32 Å². The Hall–Kier alpha value is -1.10. The lowest BCUT2D eigenvalue weighted by Crippen LogP contribution is -2.49. The summed E-state index contributed by atoms with van der Waals surface area (Å²) in [6, 6.07) is 0.215. The van der Waals surface area contributed by atoms with E-state index in [1.807, 2.05) is 18.7 Å². The van der Waals surface area contributed by atoms with Gasteiger partial charge >= 0.3 is 0 Å². The Morgan fingerprint density at radius 2 is 1.86 bits per heavy atom. The van der Waals surface area contributed by atoms with Crippen molar-refractivity contribution >= 4 is 11.8 Å². The summed E-state index contributed by atoms with van der Waals surface area (Å²) in [5.41, 5.74) is 5.75. The van der Waals surface area contributed by atoms with E-state index in [0.717, 1.165) is 45.2 Å². The quantitative estimate of drug-likeness (QED) is 0.816. The van der Waals surface area contributed by atoms with Crippen LogP contribution in [0.3, 0.4) is 0 Å². The van der Waals surface area contributed by atoms with E-state index >= 15 is 0 Å². The molecule has 2 fully saturated rings. The van der Waals surface area contributed by atoms with Crippen molar-refractivity contribution in [1.82, 2.24) is 10.2 Å². The molecule has 5 nitrogen and oxygen atoms in total. The van der Waals surface area contributed by atoms with Crippen molar-refractivity contribution < 1.29 is 9.59 Å². The molecule has 3 N–H and O–H groups in total. The van der Waals surface area contributed by atoms with Crippen molar-refractivity contribution in [3.8, 4) is 0 Å². The fourth-order valence-electron chi connectivity index (χ4n) is 3.58. The molecule has 120 valence electrons. The van der Waals surface area contributed by atoms with Gasteiger partial charge in [-0.3, -0.25) is 9.59 Å². The predicted octanol–water partition coefficient (Wildman–Crippen LogP) is 1.12. The van der Waals surface area contributed by atoms with Crippen LogP contribution in [-0.4, -0.2) is 42.4 Å². The molecule has 1 saturated carbocycles. The molecule has 0 aromatic rings. The predicted molar refractivity (Wildman–Crippen MR) is 82.5 cm³/mol. The Morgan fingerprint density at radius 3 is 2.43 bits per heavy atom. The minimum atomic E-state index is 0.0555. The zero-order valence-electron chi connectivity index (χ0n) is 13.3. The molecule has 1 aliphatic heterocycles. The SMILES string of the molecule is CC(C)C(=O)N1CCC(NC(=O)[C@@H]2CCC[C@@H]2CN)CC1. The highest BCUT2D eigenvalue weighted by atomic mass is 16.2. The highest BCUT2D eigenvalue weighted by molar-refractivity contribution is 5.80. The number of carbonyl (C=O) groups excluding carboxylic acids is 2. The van der Waals surface area contributed by atoms with Gasteiger partial charge in [0, 0.05) is 31.0 Å². The summed E-state index contributed by atoms with van der Waals surface area (Å²) in [4.78, 5) is 26.2. The minimum absolute atomic E-state index is 0.0555. The van der Waals surface area contributed by atoms with Crippen molar-refractivity contribution in [2.75, 3.05) is 19.6 Å². The molecule has 21 heavy (non-hydrogen) atoms. The van der Waals surface area contributed by atoms with Gasteiger partial charge in [-0.1, -0.05) is 20.3 Å². The first-order chi connectivity index (χ1) is 10.0. The summed E-state index contributed by atoms with van der Waals surface area (Å²) in [5, 5.41) is 3.18. The average Bonchev–Trinajstić information content (AvgIpc) is 2.95. The van der Waals surface area contributed by atoms with Gasteiger partial charge in [0.2, 0.25) is 11.8 Å². The molecule has 2 amide bonds. The van der Waals surface area contributed by atoms with E-state index in [-0.39, 0.29) is 29.7 Å². The fourth-order valence-corrected chi connectivity index (χ4v) is 3.58. The van der Waals surface area contributed by atoms with Crippen molar-refractivity contribution in [1.29, 1.82) is 0 Å². The summed E-state index contributed by atoms with van der Waals surface area (Å²) in [7, 11) is 0. The molecule has 0 unspecified atom stereocenters. The second kappa shape index (κ2) is 7.25. The molecule has 0 radical (unpaired) electrons. The number of hydrogen-bond donors (Lipinski definition) is 2. The van der Waals surface area contributed by atoms with E-state index in [4.69, 9.17) is 5.73 Å². The number of likely N-dealkylation sites (tertiary alicyclic amines) is 1. The summed E-state index contributed by atoms with van der Waals surface area (Å²) in [5.74, 6) is 0.910. The van der Waals surface area contributed by atoms with Crippen molar-refractivity contribution in [2.45, 2.75) is 52.0 Å². The number of nitrogens with zero attached hydrogens (tertiary/aromatic N) is 1. The molecule has 0 aromatic heterocycles. The molecule has 0 bridgehead atoms. The largest absolute Gasteiger partial charge is 0.353 e. The van der Waals surface area contributed by atoms with Crippen molar-refractivity contribution in [3.63, 3.8) is 0 Å². The van der Waals surface area contributed by atoms with Crippen LogP contribution in [0.25, 0.3) is 0 Å². The zero-order chi connectivity index (χ0) is 15.4. The molecule has 1 heterocycles. The van der Waals surface area contributed by atoms with Gasteiger partial charge < -0.3 is 16.0 Å². The molecule has 0 aromatic carbocycles. The van der Waals surface area contributed by atoms with Crippen molar-refractivity contribution in [3.05, 3.63) is 0 Å². The molecule has 1 aliphatic carbocycles. The molecule has 1 saturated heterocycles. The van der Waals surface area contributed by atoms with E-state index in [1.54, 1.807) is 0 Å². The second-order valence-corrected chi connectivity index (χ2v) is 6.80. The molecule has 5 heteroatoms. The molecule has 2 atom stereocenters. The topological polar surface area (TPSA) is 75.4 Å². The number of amides is 2. The lowest BCUT2D eigenvalue weighted by atomic mass is 9.94. The lowest BCUT2D eigenvalue weighted by molar-refractivity contribution is -0.135. The van der Waals surface area contributed by atoms with Crippen LogP contribution in [0.1, 0.15) is 46.0 Å². The van der Waals surface area contributed by atoms with E-state index in [9.17, 15) is 9.59 Å². The first-order valence-electron chi connectivity index (χ1n) is 8.32. The van der Waals surface area contributed by atoms with Crippen LogP contribution in [0.5, 0.6) is 0 Å². The number of piperidine rings is 1. The van der Waals surface area contributed by atoms with Gasteiger partial charge in [0.05, 0.1) is 0 Å². The minimum Gasteiger partial charge on any atom is -0.353 e. The first kappa shape index (κ1) is 16.3. The molecular weight excluding hydrogens is 266 g/mol. The standard InChI is InChI=1S/C16H29N3O2/c1-11(2)16(21)19-8-6-13(7-9-19)18-15(20)14-5-3-4-12(14)10-17/h11-14H,3-10,17H2,1-2H3,(H,18,20)/t12-,14-/m1/s1.